The second-order valence-corrected chi connectivity index (χ2v) is 6.56. The molecule has 0 unspecified atom stereocenters. The van der Waals surface area contributed by atoms with Gasteiger partial charge in [0.05, 0.1) is 18.4 Å². The number of carbonyl (C=O) groups is 2. The van der Waals surface area contributed by atoms with E-state index in [1.807, 2.05) is 0 Å². The van der Waals surface area contributed by atoms with Crippen molar-refractivity contribution in [2.45, 2.75) is 0 Å². The summed E-state index contributed by atoms with van der Waals surface area (Å²) < 4.78 is 10.3. The number of benzene rings is 2. The van der Waals surface area contributed by atoms with E-state index in [9.17, 15) is 9.59 Å². The molecule has 0 atom stereocenters. The van der Waals surface area contributed by atoms with Crippen LogP contribution in [0.2, 0.25) is 10.0 Å². The van der Waals surface area contributed by atoms with Gasteiger partial charge in [0.2, 0.25) is 0 Å². The molecule has 28 heavy (non-hydrogen) atoms. The molecule has 0 saturated carbocycles. The fraction of sp³-hybridized carbons (Fsp3) is 0.0476. The molecule has 0 radical (unpaired) electrons. The molecule has 3 aromatic rings. The quantitative estimate of drug-likeness (QED) is 0.411. The molecule has 0 aliphatic carbocycles. The Kier molecular flexibility index (Phi) is 6.19. The molecule has 1 aromatic heterocycles. The van der Waals surface area contributed by atoms with Gasteiger partial charge in [-0.1, -0.05) is 23.2 Å². The number of rotatable bonds is 6. The Morgan fingerprint density at radius 3 is 2.50 bits per heavy atom. The fourth-order valence-corrected chi connectivity index (χ4v) is 3.09. The first kappa shape index (κ1) is 19.7. The largest absolute Gasteiger partial charge is 0.495 e. The average Bonchev–Trinajstić information content (AvgIpc) is 3.21. The number of furan rings is 1. The molecule has 1 amide bonds. The smallest absolute Gasteiger partial charge is 0.291 e. The number of ketones is 1. The third-order valence-electron chi connectivity index (χ3n) is 3.83. The van der Waals surface area contributed by atoms with Crippen molar-refractivity contribution < 1.29 is 18.7 Å². The van der Waals surface area contributed by atoms with Crippen LogP contribution in [0.15, 0.2) is 65.3 Å². The lowest BCUT2D eigenvalue weighted by atomic mass is 10.1. The Hall–Kier alpha value is -3.02. The second-order valence-electron chi connectivity index (χ2n) is 5.72. The highest BCUT2D eigenvalue weighted by Gasteiger charge is 2.10. The van der Waals surface area contributed by atoms with Crippen molar-refractivity contribution in [1.29, 1.82) is 0 Å². The highest BCUT2D eigenvalue weighted by Crippen LogP contribution is 2.33. The molecule has 7 heteroatoms. The van der Waals surface area contributed by atoms with Crippen LogP contribution >= 0.6 is 23.2 Å². The van der Waals surface area contributed by atoms with E-state index >= 15 is 0 Å². The van der Waals surface area contributed by atoms with E-state index in [0.717, 1.165) is 0 Å². The summed E-state index contributed by atoms with van der Waals surface area (Å²) in [4.78, 5) is 24.4. The molecule has 142 valence electrons. The number of methoxy groups -OCH3 is 1. The number of amides is 1. The van der Waals surface area contributed by atoms with Crippen LogP contribution in [0.5, 0.6) is 5.75 Å². The van der Waals surface area contributed by atoms with E-state index in [1.54, 1.807) is 54.6 Å². The van der Waals surface area contributed by atoms with Crippen molar-refractivity contribution in [2.75, 3.05) is 12.4 Å². The summed E-state index contributed by atoms with van der Waals surface area (Å²) in [6.45, 7) is 0. The summed E-state index contributed by atoms with van der Waals surface area (Å²) in [7, 11) is 1.49. The molecular formula is C21H15Cl2NO4. The van der Waals surface area contributed by atoms with Gasteiger partial charge in [-0.2, -0.15) is 0 Å². The minimum Gasteiger partial charge on any atom is -0.495 e. The molecule has 1 N–H and O–H groups in total. The van der Waals surface area contributed by atoms with E-state index in [1.165, 1.54) is 19.4 Å². The van der Waals surface area contributed by atoms with Crippen LogP contribution in [-0.2, 0) is 0 Å². The number of hydrogen-bond acceptors (Lipinski definition) is 4. The Morgan fingerprint density at radius 2 is 1.86 bits per heavy atom. The summed E-state index contributed by atoms with van der Waals surface area (Å²) >= 11 is 12.1. The van der Waals surface area contributed by atoms with Gasteiger partial charge in [-0.25, -0.2) is 0 Å². The number of nitrogens with one attached hydrogen (secondary N) is 1. The molecule has 0 spiro atoms. The lowest BCUT2D eigenvalue weighted by Crippen LogP contribution is -2.10. The lowest BCUT2D eigenvalue weighted by molar-refractivity contribution is 0.0996. The molecule has 5 nitrogen and oxygen atoms in total. The molecule has 0 bridgehead atoms. The zero-order valence-corrected chi connectivity index (χ0v) is 16.3. The Bertz CT molecular complexity index is 1030. The van der Waals surface area contributed by atoms with Gasteiger partial charge in [-0.15, -0.1) is 0 Å². The minimum absolute atomic E-state index is 0.206. The number of anilines is 1. The Labute approximate surface area is 171 Å². The predicted molar refractivity (Wildman–Crippen MR) is 109 cm³/mol. The SMILES string of the molecule is COc1c(Cl)cc(Cl)cc1C=CC(=O)c1ccc(NC(=O)c2ccco2)cc1. The van der Waals surface area contributed by atoms with Crippen molar-refractivity contribution in [3.63, 3.8) is 0 Å². The molecule has 1 heterocycles. The zero-order valence-electron chi connectivity index (χ0n) is 14.7. The van der Waals surface area contributed by atoms with E-state index in [-0.39, 0.29) is 17.5 Å². The van der Waals surface area contributed by atoms with Gasteiger partial charge in [0.1, 0.15) is 5.75 Å². The van der Waals surface area contributed by atoms with Gasteiger partial charge in [0.25, 0.3) is 5.91 Å². The van der Waals surface area contributed by atoms with Crippen molar-refractivity contribution in [3.05, 3.63) is 87.8 Å². The molecule has 0 saturated heterocycles. The van der Waals surface area contributed by atoms with Crippen LogP contribution in [0.1, 0.15) is 26.5 Å². The van der Waals surface area contributed by atoms with Gasteiger partial charge >= 0.3 is 0 Å². The Morgan fingerprint density at radius 1 is 1.11 bits per heavy atom. The number of carbonyl (C=O) groups excluding carboxylic acids is 2. The first-order chi connectivity index (χ1) is 13.5. The molecule has 2 aromatic carbocycles. The van der Waals surface area contributed by atoms with E-state index < -0.39 is 0 Å². The van der Waals surface area contributed by atoms with Gasteiger partial charge in [0.15, 0.2) is 11.5 Å². The standard InChI is InChI=1S/C21H15Cl2NO4/c1-27-20-14(11-15(22)12-17(20)23)6-9-18(25)13-4-7-16(8-5-13)24-21(26)19-3-2-10-28-19/h2-12H,1H3,(H,24,26). The maximum Gasteiger partial charge on any atom is 0.291 e. The maximum absolute atomic E-state index is 12.4. The van der Waals surface area contributed by atoms with E-state index in [0.29, 0.717) is 32.6 Å². The van der Waals surface area contributed by atoms with Gasteiger partial charge in [-0.3, -0.25) is 9.59 Å². The third-order valence-corrected chi connectivity index (χ3v) is 4.33. The van der Waals surface area contributed by atoms with E-state index in [4.69, 9.17) is 32.4 Å². The molecule has 0 fully saturated rings. The Balaban J connectivity index is 1.71. The van der Waals surface area contributed by atoms with Crippen molar-refractivity contribution >= 4 is 46.7 Å². The normalized spacial score (nSPS) is 10.8. The first-order valence-electron chi connectivity index (χ1n) is 8.18. The first-order valence-corrected chi connectivity index (χ1v) is 8.94. The van der Waals surface area contributed by atoms with Crippen LogP contribution in [0.3, 0.4) is 0 Å². The summed E-state index contributed by atoms with van der Waals surface area (Å²) in [6.07, 6.45) is 4.41. The van der Waals surface area contributed by atoms with Crippen LogP contribution in [0, 0.1) is 0 Å². The number of ether oxygens (including phenoxy) is 1. The maximum atomic E-state index is 12.4. The molecule has 0 aliphatic heterocycles. The molecule has 0 aliphatic rings. The average molecular weight is 416 g/mol. The van der Waals surface area contributed by atoms with Crippen molar-refractivity contribution in [2.24, 2.45) is 0 Å². The van der Waals surface area contributed by atoms with Crippen molar-refractivity contribution in [1.82, 2.24) is 0 Å². The van der Waals surface area contributed by atoms with Crippen LogP contribution in [-0.4, -0.2) is 18.8 Å². The minimum atomic E-state index is -0.367. The third kappa shape index (κ3) is 4.63. The second kappa shape index (κ2) is 8.78. The lowest BCUT2D eigenvalue weighted by Gasteiger charge is -2.07. The highest BCUT2D eigenvalue weighted by molar-refractivity contribution is 6.36. The number of hydrogen-bond donors (Lipinski definition) is 1. The van der Waals surface area contributed by atoms with Gasteiger partial charge in [-0.05, 0) is 60.7 Å². The summed E-state index contributed by atoms with van der Waals surface area (Å²) in [5, 5.41) is 3.49. The van der Waals surface area contributed by atoms with Gasteiger partial charge in [0, 0.05) is 21.8 Å². The van der Waals surface area contributed by atoms with Crippen LogP contribution in [0.4, 0.5) is 5.69 Å². The van der Waals surface area contributed by atoms with Crippen LogP contribution < -0.4 is 10.1 Å². The summed E-state index contributed by atoms with van der Waals surface area (Å²) in [5.41, 5.74) is 1.60. The predicted octanol–water partition coefficient (Wildman–Crippen LogP) is 5.74. The summed E-state index contributed by atoms with van der Waals surface area (Å²) in [5.74, 6) is 0.0549. The molecule has 3 rings (SSSR count). The monoisotopic (exact) mass is 415 g/mol. The van der Waals surface area contributed by atoms with Crippen molar-refractivity contribution in [3.8, 4) is 5.75 Å². The van der Waals surface area contributed by atoms with Gasteiger partial charge < -0.3 is 14.5 Å². The highest BCUT2D eigenvalue weighted by atomic mass is 35.5. The summed E-state index contributed by atoms with van der Waals surface area (Å²) in [6, 6.07) is 12.9. The fourth-order valence-electron chi connectivity index (χ4n) is 2.50. The van der Waals surface area contributed by atoms with Crippen LogP contribution in [0.25, 0.3) is 6.08 Å². The molecular weight excluding hydrogens is 401 g/mol. The van der Waals surface area contributed by atoms with E-state index in [2.05, 4.69) is 5.32 Å². The topological polar surface area (TPSA) is 68.5 Å². The zero-order chi connectivity index (χ0) is 20.1. The number of halogens is 2. The number of allylic oxidation sites excluding steroid dienone is 1.